The van der Waals surface area contributed by atoms with Crippen LogP contribution in [0.15, 0.2) is 24.3 Å². The van der Waals surface area contributed by atoms with E-state index in [0.29, 0.717) is 19.4 Å². The summed E-state index contributed by atoms with van der Waals surface area (Å²) in [5, 5.41) is 0. The largest absolute Gasteiger partial charge is 0.465 e. The van der Waals surface area contributed by atoms with Crippen molar-refractivity contribution in [1.82, 2.24) is 4.90 Å². The Morgan fingerprint density at radius 3 is 2.42 bits per heavy atom. The van der Waals surface area contributed by atoms with Crippen molar-refractivity contribution in [1.29, 1.82) is 0 Å². The number of likely N-dealkylation sites (tertiary alicyclic amines) is 1. The van der Waals surface area contributed by atoms with E-state index in [1.807, 2.05) is 0 Å². The lowest BCUT2D eigenvalue weighted by atomic mass is 9.96. The molecule has 144 valence electrons. The number of amides is 1. The molecule has 1 aromatic rings. The molecule has 1 amide bonds. The Bertz CT molecular complexity index is 623. The molecule has 1 aliphatic heterocycles. The number of nitrogens with zero attached hydrogens (tertiary/aromatic N) is 1. The maximum atomic E-state index is 13.1. The van der Waals surface area contributed by atoms with Crippen LogP contribution in [-0.4, -0.2) is 36.5 Å². The topological polar surface area (TPSA) is 46.6 Å². The fraction of sp³-hybridized carbons (Fsp3) is 0.579. The highest BCUT2D eigenvalue weighted by atomic mass is 19.4. The third-order valence-corrected chi connectivity index (χ3v) is 4.57. The molecule has 0 unspecified atom stereocenters. The first kappa shape index (κ1) is 20.3. The minimum Gasteiger partial charge on any atom is -0.465 e. The Kier molecular flexibility index (Phi) is 7.06. The molecular weight excluding hydrogens is 347 g/mol. The van der Waals surface area contributed by atoms with Crippen LogP contribution in [0, 0.1) is 5.92 Å². The quantitative estimate of drug-likeness (QED) is 0.554. The summed E-state index contributed by atoms with van der Waals surface area (Å²) in [7, 11) is 0. The van der Waals surface area contributed by atoms with Gasteiger partial charge in [-0.1, -0.05) is 31.9 Å². The maximum Gasteiger partial charge on any atom is 0.417 e. The van der Waals surface area contributed by atoms with Crippen LogP contribution < -0.4 is 0 Å². The highest BCUT2D eigenvalue weighted by Gasteiger charge is 2.37. The van der Waals surface area contributed by atoms with Gasteiger partial charge in [-0.2, -0.15) is 13.2 Å². The van der Waals surface area contributed by atoms with Crippen molar-refractivity contribution in [2.45, 2.75) is 45.2 Å². The van der Waals surface area contributed by atoms with Gasteiger partial charge in [0.05, 0.1) is 23.7 Å². The molecule has 4 nitrogen and oxygen atoms in total. The highest BCUT2D eigenvalue weighted by molar-refractivity contribution is 5.96. The number of unbranched alkanes of at least 4 members (excludes halogenated alkanes) is 2. The normalized spacial score (nSPS) is 15.8. The Morgan fingerprint density at radius 1 is 1.15 bits per heavy atom. The second kappa shape index (κ2) is 9.05. The number of ether oxygens (including phenoxy) is 1. The molecule has 1 aliphatic rings. The minimum atomic E-state index is -4.58. The van der Waals surface area contributed by atoms with E-state index in [9.17, 15) is 22.8 Å². The maximum absolute atomic E-state index is 13.1. The Balaban J connectivity index is 1.92. The van der Waals surface area contributed by atoms with Gasteiger partial charge in [0.1, 0.15) is 0 Å². The van der Waals surface area contributed by atoms with Gasteiger partial charge in [-0.15, -0.1) is 0 Å². The molecule has 0 aromatic heterocycles. The number of carbonyl (C=O) groups excluding carboxylic acids is 2. The van der Waals surface area contributed by atoms with E-state index in [1.54, 1.807) is 0 Å². The molecule has 0 spiro atoms. The zero-order valence-corrected chi connectivity index (χ0v) is 14.8. The molecule has 1 fully saturated rings. The number of carbonyl (C=O) groups is 2. The SMILES string of the molecule is CCCCCOC(=O)C1CCN(C(=O)c2ccccc2C(F)(F)F)CC1. The summed E-state index contributed by atoms with van der Waals surface area (Å²) >= 11 is 0. The van der Waals surface area contributed by atoms with Gasteiger partial charge >= 0.3 is 12.1 Å². The van der Waals surface area contributed by atoms with E-state index in [2.05, 4.69) is 6.92 Å². The van der Waals surface area contributed by atoms with Gasteiger partial charge in [0.25, 0.3) is 5.91 Å². The van der Waals surface area contributed by atoms with Crippen molar-refractivity contribution < 1.29 is 27.5 Å². The second-order valence-corrected chi connectivity index (χ2v) is 6.48. The van der Waals surface area contributed by atoms with Crippen LogP contribution in [0.2, 0.25) is 0 Å². The van der Waals surface area contributed by atoms with E-state index in [4.69, 9.17) is 4.74 Å². The summed E-state index contributed by atoms with van der Waals surface area (Å²) in [5.74, 6) is -1.21. The molecule has 0 aliphatic carbocycles. The molecule has 2 rings (SSSR count). The molecule has 26 heavy (non-hydrogen) atoms. The van der Waals surface area contributed by atoms with E-state index < -0.39 is 17.6 Å². The Hall–Kier alpha value is -2.05. The van der Waals surface area contributed by atoms with Gasteiger partial charge in [0.15, 0.2) is 0 Å². The van der Waals surface area contributed by atoms with Gasteiger partial charge < -0.3 is 9.64 Å². The molecule has 0 saturated carbocycles. The summed E-state index contributed by atoms with van der Waals surface area (Å²) < 4.78 is 44.5. The standard InChI is InChI=1S/C19H24F3NO3/c1-2-3-6-13-26-18(25)14-9-11-23(12-10-14)17(24)15-7-4-5-8-16(15)19(20,21)22/h4-5,7-8,14H,2-3,6,9-13H2,1H3. The molecule has 1 heterocycles. The lowest BCUT2D eigenvalue weighted by Crippen LogP contribution is -2.41. The third kappa shape index (κ3) is 5.22. The van der Waals surface area contributed by atoms with Gasteiger partial charge in [-0.3, -0.25) is 9.59 Å². The van der Waals surface area contributed by atoms with Gasteiger partial charge in [0, 0.05) is 13.1 Å². The smallest absolute Gasteiger partial charge is 0.417 e. The summed E-state index contributed by atoms with van der Waals surface area (Å²) in [6, 6.07) is 4.79. The number of hydrogen-bond acceptors (Lipinski definition) is 3. The second-order valence-electron chi connectivity index (χ2n) is 6.48. The fourth-order valence-electron chi connectivity index (χ4n) is 3.05. The third-order valence-electron chi connectivity index (χ3n) is 4.57. The number of hydrogen-bond donors (Lipinski definition) is 0. The molecule has 0 N–H and O–H groups in total. The predicted molar refractivity (Wildman–Crippen MR) is 90.6 cm³/mol. The number of esters is 1. The first-order valence-corrected chi connectivity index (χ1v) is 8.96. The van der Waals surface area contributed by atoms with E-state index in [1.165, 1.54) is 23.1 Å². The average Bonchev–Trinajstić information content (AvgIpc) is 2.64. The minimum absolute atomic E-state index is 0.250. The van der Waals surface area contributed by atoms with Crippen LogP contribution in [0.25, 0.3) is 0 Å². The van der Waals surface area contributed by atoms with Gasteiger partial charge in [-0.05, 0) is 31.4 Å². The molecule has 1 aromatic carbocycles. The Labute approximate surface area is 151 Å². The van der Waals surface area contributed by atoms with Crippen LogP contribution >= 0.6 is 0 Å². The predicted octanol–water partition coefficient (Wildman–Crippen LogP) is 4.29. The molecule has 0 bridgehead atoms. The van der Waals surface area contributed by atoms with Gasteiger partial charge in [-0.25, -0.2) is 0 Å². The molecule has 0 atom stereocenters. The fourth-order valence-corrected chi connectivity index (χ4v) is 3.05. The highest BCUT2D eigenvalue weighted by Crippen LogP contribution is 2.33. The first-order chi connectivity index (χ1) is 12.3. The van der Waals surface area contributed by atoms with Crippen LogP contribution in [0.1, 0.15) is 54.9 Å². The number of rotatable bonds is 6. The monoisotopic (exact) mass is 371 g/mol. The van der Waals surface area contributed by atoms with Gasteiger partial charge in [0.2, 0.25) is 0 Å². The van der Waals surface area contributed by atoms with Crippen molar-refractivity contribution in [3.8, 4) is 0 Å². The lowest BCUT2D eigenvalue weighted by molar-refractivity contribution is -0.150. The zero-order valence-electron chi connectivity index (χ0n) is 14.8. The van der Waals surface area contributed by atoms with Crippen molar-refractivity contribution in [3.63, 3.8) is 0 Å². The summed E-state index contributed by atoms with van der Waals surface area (Å²) in [5.41, 5.74) is -1.27. The molecule has 0 radical (unpaired) electrons. The van der Waals surface area contributed by atoms with E-state index in [0.717, 1.165) is 25.3 Å². The van der Waals surface area contributed by atoms with Crippen LogP contribution in [-0.2, 0) is 15.7 Å². The first-order valence-electron chi connectivity index (χ1n) is 8.96. The van der Waals surface area contributed by atoms with Crippen LogP contribution in [0.5, 0.6) is 0 Å². The Morgan fingerprint density at radius 2 is 1.81 bits per heavy atom. The van der Waals surface area contributed by atoms with Crippen molar-refractivity contribution >= 4 is 11.9 Å². The number of benzene rings is 1. The average molecular weight is 371 g/mol. The number of halogens is 3. The number of alkyl halides is 3. The number of piperidine rings is 1. The summed E-state index contributed by atoms with van der Waals surface area (Å²) in [6.45, 7) is 2.95. The summed E-state index contributed by atoms with van der Waals surface area (Å²) in [4.78, 5) is 25.9. The molecular formula is C19H24F3NO3. The van der Waals surface area contributed by atoms with E-state index >= 15 is 0 Å². The van der Waals surface area contributed by atoms with Crippen molar-refractivity contribution in [2.24, 2.45) is 5.92 Å². The zero-order chi connectivity index (χ0) is 19.2. The molecule has 1 saturated heterocycles. The summed E-state index contributed by atoms with van der Waals surface area (Å²) in [6.07, 6.45) is -0.893. The molecule has 7 heteroatoms. The van der Waals surface area contributed by atoms with Crippen molar-refractivity contribution in [3.05, 3.63) is 35.4 Å². The van der Waals surface area contributed by atoms with Crippen LogP contribution in [0.4, 0.5) is 13.2 Å². The van der Waals surface area contributed by atoms with Crippen LogP contribution in [0.3, 0.4) is 0 Å². The lowest BCUT2D eigenvalue weighted by Gasteiger charge is -2.31. The van der Waals surface area contributed by atoms with Crippen molar-refractivity contribution in [2.75, 3.05) is 19.7 Å². The van der Waals surface area contributed by atoms with E-state index in [-0.39, 0.29) is 30.5 Å².